The molecule has 0 saturated heterocycles. The quantitative estimate of drug-likeness (QED) is 0.0812. The fourth-order valence-corrected chi connectivity index (χ4v) is 4.55. The third kappa shape index (κ3) is 15.5. The SMILES string of the molecule is CCN=Cc1ccccc1O.Oc1ccccc1/C=N/C(/N=C/c1ccccc1O)c1ccccc1.Oc1ccccc1C=NCc1ccccc1.[Cu].[Cu]. The molecule has 0 unspecified atom stereocenters. The number of phenolic OH excluding ortho intramolecular Hbond substituents is 4. The van der Waals surface area contributed by atoms with Crippen molar-refractivity contribution in [1.29, 1.82) is 0 Å². The van der Waals surface area contributed by atoms with Crippen molar-refractivity contribution in [1.82, 2.24) is 0 Å². The van der Waals surface area contributed by atoms with Crippen LogP contribution in [0.25, 0.3) is 0 Å². The molecule has 10 heteroatoms. The summed E-state index contributed by atoms with van der Waals surface area (Å²) in [4.78, 5) is 17.3. The molecule has 0 aliphatic rings. The summed E-state index contributed by atoms with van der Waals surface area (Å²) in [7, 11) is 0. The minimum Gasteiger partial charge on any atom is -0.507 e. The number of hydrogen-bond acceptors (Lipinski definition) is 8. The van der Waals surface area contributed by atoms with E-state index in [-0.39, 0.29) is 57.1 Å². The van der Waals surface area contributed by atoms with Crippen LogP contribution in [0.1, 0.15) is 46.5 Å². The van der Waals surface area contributed by atoms with E-state index in [9.17, 15) is 20.4 Å². The van der Waals surface area contributed by atoms with Gasteiger partial charge < -0.3 is 20.4 Å². The van der Waals surface area contributed by atoms with Crippen LogP contribution in [0.5, 0.6) is 23.0 Å². The van der Waals surface area contributed by atoms with E-state index in [1.165, 1.54) is 0 Å². The van der Waals surface area contributed by atoms with Crippen LogP contribution < -0.4 is 0 Å². The molecule has 54 heavy (non-hydrogen) atoms. The molecular formula is C44H42Cu2N4O4. The zero-order valence-corrected chi connectivity index (χ0v) is 31.4. The van der Waals surface area contributed by atoms with Crippen LogP contribution >= 0.6 is 0 Å². The molecular weight excluding hydrogens is 776 g/mol. The maximum atomic E-state index is 9.88. The third-order valence-electron chi connectivity index (χ3n) is 7.31. The zero-order valence-electron chi connectivity index (χ0n) is 29.5. The fraction of sp³-hybridized carbons (Fsp3) is 0.0909. The molecule has 0 saturated carbocycles. The molecule has 0 atom stereocenters. The molecule has 0 amide bonds. The number of aromatic hydroxyl groups is 4. The Morgan fingerprint density at radius 1 is 0.426 bits per heavy atom. The van der Waals surface area contributed by atoms with E-state index in [2.05, 4.69) is 20.0 Å². The number of para-hydroxylation sites is 4. The Labute approximate surface area is 338 Å². The minimum absolute atomic E-state index is 0. The van der Waals surface area contributed by atoms with Crippen LogP contribution in [0.15, 0.2) is 178 Å². The summed E-state index contributed by atoms with van der Waals surface area (Å²) >= 11 is 0. The van der Waals surface area contributed by atoms with E-state index >= 15 is 0 Å². The Morgan fingerprint density at radius 2 is 0.759 bits per heavy atom. The number of phenols is 4. The van der Waals surface area contributed by atoms with Crippen molar-refractivity contribution in [2.75, 3.05) is 6.54 Å². The zero-order chi connectivity index (χ0) is 36.8. The molecule has 0 aromatic heterocycles. The van der Waals surface area contributed by atoms with E-state index in [1.807, 2.05) is 104 Å². The van der Waals surface area contributed by atoms with Gasteiger partial charge in [0.2, 0.25) is 0 Å². The second-order valence-corrected chi connectivity index (χ2v) is 11.2. The van der Waals surface area contributed by atoms with Gasteiger partial charge >= 0.3 is 0 Å². The smallest absolute Gasteiger partial charge is 0.165 e. The van der Waals surface area contributed by atoms with E-state index in [0.717, 1.165) is 28.8 Å². The van der Waals surface area contributed by atoms with Gasteiger partial charge in [-0.1, -0.05) is 109 Å². The second kappa shape index (κ2) is 25.3. The van der Waals surface area contributed by atoms with Crippen LogP contribution in [0.3, 0.4) is 0 Å². The summed E-state index contributed by atoms with van der Waals surface area (Å²) in [6.07, 6.45) is 6.11. The van der Waals surface area contributed by atoms with Gasteiger partial charge in [0.05, 0.1) is 6.54 Å². The maximum Gasteiger partial charge on any atom is 0.165 e. The average molecular weight is 818 g/mol. The van der Waals surface area contributed by atoms with Gasteiger partial charge in [-0.3, -0.25) is 20.0 Å². The van der Waals surface area contributed by atoms with Gasteiger partial charge in [0, 0.05) is 87.8 Å². The molecule has 2 radical (unpaired) electrons. The van der Waals surface area contributed by atoms with Gasteiger partial charge in [-0.05, 0) is 66.6 Å². The van der Waals surface area contributed by atoms with Crippen molar-refractivity contribution >= 4 is 24.9 Å². The van der Waals surface area contributed by atoms with Crippen molar-refractivity contribution in [3.63, 3.8) is 0 Å². The summed E-state index contributed by atoms with van der Waals surface area (Å²) in [5.41, 5.74) is 4.85. The van der Waals surface area contributed by atoms with E-state index in [1.54, 1.807) is 85.5 Å². The van der Waals surface area contributed by atoms with Crippen LogP contribution in [-0.2, 0) is 40.7 Å². The summed E-state index contributed by atoms with van der Waals surface area (Å²) in [5, 5.41) is 38.5. The van der Waals surface area contributed by atoms with Crippen molar-refractivity contribution in [3.8, 4) is 23.0 Å². The standard InChI is InChI=1S/C21H18N2O2.C14H13NO.C9H11NO.2Cu/c24-19-12-6-4-10-17(19)14-22-21(16-8-2-1-3-9-16)23-15-18-11-5-7-13-20(18)25;16-14-9-5-4-8-13(14)11-15-10-12-6-2-1-3-7-12;1-2-10-7-8-5-3-4-6-9(8)11;;/h1-15,21,24-25H;1-9,11,16H,10H2;3-7,11H,2H2,1H3;;/b22-14+,23-15+;;;;. The molecule has 6 rings (SSSR count). The van der Waals surface area contributed by atoms with Gasteiger partial charge in [0.25, 0.3) is 0 Å². The molecule has 0 heterocycles. The van der Waals surface area contributed by atoms with Crippen molar-refractivity contribution in [2.45, 2.75) is 19.6 Å². The molecule has 6 aromatic carbocycles. The van der Waals surface area contributed by atoms with Gasteiger partial charge in [0.15, 0.2) is 6.17 Å². The third-order valence-corrected chi connectivity index (χ3v) is 7.31. The number of rotatable bonds is 10. The van der Waals surface area contributed by atoms with Gasteiger partial charge in [0.1, 0.15) is 23.0 Å². The van der Waals surface area contributed by atoms with Crippen molar-refractivity contribution in [3.05, 3.63) is 191 Å². The Hall–Kier alpha value is -5.76. The molecule has 0 spiro atoms. The van der Waals surface area contributed by atoms with Crippen LogP contribution in [0.4, 0.5) is 0 Å². The molecule has 8 nitrogen and oxygen atoms in total. The van der Waals surface area contributed by atoms with Crippen LogP contribution in [-0.4, -0.2) is 51.8 Å². The normalized spacial score (nSPS) is 10.7. The van der Waals surface area contributed by atoms with E-state index < -0.39 is 6.17 Å². The number of nitrogens with zero attached hydrogens (tertiary/aromatic N) is 4. The fourth-order valence-electron chi connectivity index (χ4n) is 4.55. The molecule has 0 aliphatic carbocycles. The molecule has 0 aliphatic heterocycles. The van der Waals surface area contributed by atoms with Gasteiger partial charge in [-0.2, -0.15) is 0 Å². The first-order valence-corrected chi connectivity index (χ1v) is 16.7. The number of hydrogen-bond donors (Lipinski definition) is 4. The molecule has 0 fully saturated rings. The predicted molar refractivity (Wildman–Crippen MR) is 213 cm³/mol. The number of aliphatic imine (C=N–C) groups is 4. The molecule has 284 valence electrons. The minimum atomic E-state index is -0.472. The predicted octanol–water partition coefficient (Wildman–Crippen LogP) is 9.17. The van der Waals surface area contributed by atoms with Crippen molar-refractivity contribution < 1.29 is 54.6 Å². The van der Waals surface area contributed by atoms with E-state index in [0.29, 0.717) is 17.7 Å². The first-order chi connectivity index (χ1) is 25.4. The van der Waals surface area contributed by atoms with Gasteiger partial charge in [-0.25, -0.2) is 0 Å². The molecule has 4 N–H and O–H groups in total. The summed E-state index contributed by atoms with van der Waals surface area (Å²) < 4.78 is 0. The Bertz CT molecular complexity index is 2020. The summed E-state index contributed by atoms with van der Waals surface area (Å²) in [5.74, 6) is 0.884. The first-order valence-electron chi connectivity index (χ1n) is 16.7. The monoisotopic (exact) mass is 816 g/mol. The number of benzene rings is 6. The largest absolute Gasteiger partial charge is 0.507 e. The Kier molecular flexibility index (Phi) is 20.8. The van der Waals surface area contributed by atoms with Gasteiger partial charge in [-0.15, -0.1) is 0 Å². The summed E-state index contributed by atoms with van der Waals surface area (Å²) in [6.45, 7) is 3.33. The maximum absolute atomic E-state index is 9.88. The first kappa shape index (κ1) is 44.4. The Balaban J connectivity index is 0.000000300. The van der Waals surface area contributed by atoms with Crippen LogP contribution in [0.2, 0.25) is 0 Å². The average Bonchev–Trinajstić information content (AvgIpc) is 3.18. The second-order valence-electron chi connectivity index (χ2n) is 11.2. The molecule has 6 aromatic rings. The van der Waals surface area contributed by atoms with E-state index in [4.69, 9.17) is 0 Å². The topological polar surface area (TPSA) is 130 Å². The molecule has 0 bridgehead atoms. The summed E-state index contributed by atoms with van der Waals surface area (Å²) in [6, 6.07) is 48.0. The van der Waals surface area contributed by atoms with Crippen molar-refractivity contribution in [2.24, 2.45) is 20.0 Å². The Morgan fingerprint density at radius 3 is 1.15 bits per heavy atom. The van der Waals surface area contributed by atoms with Crippen LogP contribution in [0, 0.1) is 0 Å².